The molecule has 4 aromatic rings. The number of rotatable bonds is 10. The van der Waals surface area contributed by atoms with E-state index in [1.54, 1.807) is 42.5 Å². The first-order valence-electron chi connectivity index (χ1n) is 12.7. The van der Waals surface area contributed by atoms with E-state index < -0.39 is 29.5 Å². The highest BCUT2D eigenvalue weighted by Gasteiger charge is 2.31. The zero-order valence-corrected chi connectivity index (χ0v) is 23.1. The number of furan rings is 1. The maximum atomic E-state index is 13.6. The minimum atomic E-state index is -2.36. The number of hydrogen-bond acceptors (Lipinski definition) is 5. The smallest absolute Gasteiger partial charge is 0.455 e. The summed E-state index contributed by atoms with van der Waals surface area (Å²) in [4.78, 5) is 13.0. The molecule has 2 atom stereocenters. The topological polar surface area (TPSA) is 123 Å². The van der Waals surface area contributed by atoms with Gasteiger partial charge in [-0.3, -0.25) is 13.7 Å². The maximum Gasteiger partial charge on any atom is 0.470 e. The second-order valence-corrected chi connectivity index (χ2v) is 11.2. The number of carbonyl (C=O) groups excluding carboxylic acids is 1. The number of alkyl halides is 1. The lowest BCUT2D eigenvalue weighted by molar-refractivity contribution is 0.0964. The van der Waals surface area contributed by atoms with Crippen LogP contribution in [0, 0.1) is 5.82 Å². The van der Waals surface area contributed by atoms with Crippen molar-refractivity contribution in [1.82, 2.24) is 5.32 Å². The Kier molecular flexibility index (Phi) is 8.30. The van der Waals surface area contributed by atoms with E-state index in [1.807, 2.05) is 6.07 Å². The summed E-state index contributed by atoms with van der Waals surface area (Å²) < 4.78 is 43.7. The molecular formula is C28H27BClFN2O6S. The Balaban J connectivity index is 1.54. The van der Waals surface area contributed by atoms with Crippen LogP contribution >= 0.6 is 11.6 Å². The Hall–Kier alpha value is -3.22. The molecule has 1 aromatic heterocycles. The van der Waals surface area contributed by atoms with Crippen LogP contribution in [0.3, 0.4) is 0 Å². The van der Waals surface area contributed by atoms with Gasteiger partial charge < -0.3 is 19.8 Å². The van der Waals surface area contributed by atoms with Gasteiger partial charge in [-0.25, -0.2) is 8.60 Å². The fraction of sp³-hybridized carbons (Fsp3) is 0.250. The number of anilines is 1. The summed E-state index contributed by atoms with van der Waals surface area (Å²) in [6.45, 7) is 0.0968. The monoisotopic (exact) mass is 584 g/mol. The SMILES string of the molecule is CNC(=O)c1c(-c2ccc(F)cc2)oc2cc(CN(c3ccc(CC(Cl)B(O)O)cc3)S(=O)O)c(C3CC3)cc12. The second kappa shape index (κ2) is 11.7. The van der Waals surface area contributed by atoms with Crippen LogP contribution in [-0.2, 0) is 24.2 Å². The van der Waals surface area contributed by atoms with Gasteiger partial charge >= 0.3 is 7.12 Å². The van der Waals surface area contributed by atoms with Gasteiger partial charge in [-0.15, -0.1) is 11.6 Å². The normalized spacial score (nSPS) is 14.7. The fourth-order valence-corrected chi connectivity index (χ4v) is 5.52. The molecule has 1 aliphatic rings. The maximum absolute atomic E-state index is 13.6. The molecule has 8 nitrogen and oxygen atoms in total. The standard InChI is InChI=1S/C28H27BClFN2O6S/c1-32-28(34)26-23-14-22(17-4-5-17)19(13-24(23)39-27(26)18-6-8-20(31)9-7-18)15-33(40(37)38)21-10-2-16(3-11-21)12-25(30)29(35)36/h2-3,6-11,13-14,17,25,35-36H,4-5,12,15H2,1H3,(H,32,34)(H,37,38). The number of carbonyl (C=O) groups is 1. The summed E-state index contributed by atoms with van der Waals surface area (Å²) in [5.41, 5.74) is 4.32. The number of fused-ring (bicyclic) bond motifs is 1. The average Bonchev–Trinajstić information content (AvgIpc) is 3.72. The number of hydrogen-bond donors (Lipinski definition) is 4. The van der Waals surface area contributed by atoms with Gasteiger partial charge in [0, 0.05) is 18.0 Å². The van der Waals surface area contributed by atoms with Gasteiger partial charge in [0.1, 0.15) is 17.2 Å². The molecule has 0 saturated heterocycles. The summed E-state index contributed by atoms with van der Waals surface area (Å²) in [5.74, 6) is -0.169. The Morgan fingerprint density at radius 3 is 2.42 bits per heavy atom. The van der Waals surface area contributed by atoms with Gasteiger partial charge in [-0.2, -0.15) is 0 Å². The van der Waals surface area contributed by atoms with E-state index in [0.29, 0.717) is 33.5 Å². The molecule has 5 rings (SSSR count). The molecule has 1 aliphatic carbocycles. The first kappa shape index (κ1) is 28.3. The molecule has 4 N–H and O–H groups in total. The van der Waals surface area contributed by atoms with Crippen LogP contribution in [0.1, 0.15) is 45.8 Å². The average molecular weight is 585 g/mol. The molecule has 3 aromatic carbocycles. The highest BCUT2D eigenvalue weighted by atomic mass is 35.5. The second-order valence-electron chi connectivity index (χ2n) is 9.78. The molecule has 1 heterocycles. The predicted octanol–water partition coefficient (Wildman–Crippen LogP) is 4.78. The van der Waals surface area contributed by atoms with Crippen molar-refractivity contribution in [1.29, 1.82) is 0 Å². The van der Waals surface area contributed by atoms with Crippen molar-refractivity contribution in [3.05, 3.63) is 88.7 Å². The van der Waals surface area contributed by atoms with Crippen LogP contribution < -0.4 is 9.62 Å². The quantitative estimate of drug-likeness (QED) is 0.121. The number of benzene rings is 3. The summed E-state index contributed by atoms with van der Waals surface area (Å²) in [6, 6.07) is 16.2. The van der Waals surface area contributed by atoms with Crippen molar-refractivity contribution in [2.24, 2.45) is 0 Å². The number of nitrogens with zero attached hydrogens (tertiary/aromatic N) is 1. The third kappa shape index (κ3) is 5.94. The molecule has 2 unspecified atom stereocenters. The Morgan fingerprint density at radius 1 is 1.18 bits per heavy atom. The molecule has 1 saturated carbocycles. The predicted molar refractivity (Wildman–Crippen MR) is 154 cm³/mol. The lowest BCUT2D eigenvalue weighted by Gasteiger charge is -2.22. The minimum Gasteiger partial charge on any atom is -0.455 e. The van der Waals surface area contributed by atoms with Crippen molar-refractivity contribution in [2.75, 3.05) is 11.4 Å². The van der Waals surface area contributed by atoms with Crippen LogP contribution in [0.25, 0.3) is 22.3 Å². The summed E-state index contributed by atoms with van der Waals surface area (Å²) >= 11 is 3.59. The van der Waals surface area contributed by atoms with Crippen LogP contribution in [-0.4, -0.2) is 44.2 Å². The lowest BCUT2D eigenvalue weighted by Crippen LogP contribution is -2.28. The number of halogens is 2. The summed E-state index contributed by atoms with van der Waals surface area (Å²) in [7, 11) is -0.127. The Morgan fingerprint density at radius 2 is 1.85 bits per heavy atom. The molecule has 1 amide bonds. The van der Waals surface area contributed by atoms with Crippen LogP contribution in [0.4, 0.5) is 10.1 Å². The van der Waals surface area contributed by atoms with E-state index in [2.05, 4.69) is 5.32 Å². The fourth-order valence-electron chi connectivity index (χ4n) is 4.79. The third-order valence-corrected chi connectivity index (χ3v) is 8.11. The van der Waals surface area contributed by atoms with Crippen molar-refractivity contribution in [3.8, 4) is 11.3 Å². The van der Waals surface area contributed by atoms with Crippen molar-refractivity contribution in [3.63, 3.8) is 0 Å². The van der Waals surface area contributed by atoms with Crippen LogP contribution in [0.2, 0.25) is 0 Å². The van der Waals surface area contributed by atoms with Gasteiger partial charge in [0.05, 0.1) is 23.1 Å². The van der Waals surface area contributed by atoms with E-state index in [9.17, 15) is 28.0 Å². The largest absolute Gasteiger partial charge is 0.470 e. The highest BCUT2D eigenvalue weighted by Crippen LogP contribution is 2.45. The van der Waals surface area contributed by atoms with E-state index in [1.165, 1.54) is 23.5 Å². The minimum absolute atomic E-state index is 0.0968. The molecule has 0 radical (unpaired) electrons. The van der Waals surface area contributed by atoms with Crippen molar-refractivity contribution in [2.45, 2.75) is 37.0 Å². The molecule has 40 heavy (non-hydrogen) atoms. The molecule has 0 aliphatic heterocycles. The highest BCUT2D eigenvalue weighted by molar-refractivity contribution is 7.80. The molecule has 12 heteroatoms. The molecule has 0 spiro atoms. The summed E-state index contributed by atoms with van der Waals surface area (Å²) in [5, 5.41) is 20.9. The lowest BCUT2D eigenvalue weighted by atomic mass is 9.82. The Labute approximate surface area is 238 Å². The van der Waals surface area contributed by atoms with Gasteiger partial charge in [0.2, 0.25) is 0 Å². The van der Waals surface area contributed by atoms with E-state index in [0.717, 1.165) is 29.5 Å². The van der Waals surface area contributed by atoms with Gasteiger partial charge in [-0.05, 0) is 90.4 Å². The Bertz CT molecular complexity index is 1560. The summed E-state index contributed by atoms with van der Waals surface area (Å²) in [6.07, 6.45) is 2.14. The zero-order chi connectivity index (χ0) is 28.6. The van der Waals surface area contributed by atoms with E-state index in [4.69, 9.17) is 16.0 Å². The van der Waals surface area contributed by atoms with Crippen molar-refractivity contribution < 1.29 is 32.4 Å². The number of amides is 1. The van der Waals surface area contributed by atoms with Gasteiger partial charge in [-0.1, -0.05) is 12.1 Å². The molecular weight excluding hydrogens is 558 g/mol. The molecule has 208 valence electrons. The van der Waals surface area contributed by atoms with Crippen LogP contribution in [0.5, 0.6) is 0 Å². The molecule has 0 bridgehead atoms. The van der Waals surface area contributed by atoms with E-state index in [-0.39, 0.29) is 24.8 Å². The van der Waals surface area contributed by atoms with E-state index >= 15 is 0 Å². The zero-order valence-electron chi connectivity index (χ0n) is 21.5. The van der Waals surface area contributed by atoms with Gasteiger partial charge in [0.15, 0.2) is 0 Å². The number of nitrogens with one attached hydrogen (secondary N) is 1. The molecule has 1 fully saturated rings. The van der Waals surface area contributed by atoms with Gasteiger partial charge in [0.25, 0.3) is 17.2 Å². The van der Waals surface area contributed by atoms with Crippen LogP contribution in [0.15, 0.2) is 65.1 Å². The first-order chi connectivity index (χ1) is 19.2. The first-order valence-corrected chi connectivity index (χ1v) is 14.2. The van der Waals surface area contributed by atoms with Crippen molar-refractivity contribution >= 4 is 52.5 Å². The third-order valence-electron chi connectivity index (χ3n) is 7.01.